The summed E-state index contributed by atoms with van der Waals surface area (Å²) in [6.07, 6.45) is 3.46. The van der Waals surface area contributed by atoms with Gasteiger partial charge in [0.1, 0.15) is 0 Å². The van der Waals surface area contributed by atoms with Crippen molar-refractivity contribution in [3.05, 3.63) is 53.3 Å². The van der Waals surface area contributed by atoms with Gasteiger partial charge in [-0.15, -0.1) is 0 Å². The van der Waals surface area contributed by atoms with Crippen molar-refractivity contribution < 1.29 is 4.79 Å². The first-order chi connectivity index (χ1) is 11.6. The maximum atomic E-state index is 12.5. The molecule has 1 N–H and O–H groups in total. The van der Waals surface area contributed by atoms with Crippen molar-refractivity contribution in [1.82, 2.24) is 20.2 Å². The van der Waals surface area contributed by atoms with Crippen molar-refractivity contribution in [3.8, 4) is 0 Å². The van der Waals surface area contributed by atoms with E-state index in [0.29, 0.717) is 24.1 Å². The predicted molar refractivity (Wildman–Crippen MR) is 94.2 cm³/mol. The Morgan fingerprint density at radius 1 is 1.12 bits per heavy atom. The summed E-state index contributed by atoms with van der Waals surface area (Å²) in [5.74, 6) is 0.710. The molecule has 0 saturated carbocycles. The molecule has 1 aliphatic rings. The summed E-state index contributed by atoms with van der Waals surface area (Å²) in [4.78, 5) is 24.9. The van der Waals surface area contributed by atoms with Gasteiger partial charge in [0.05, 0.1) is 6.04 Å². The van der Waals surface area contributed by atoms with Crippen LogP contribution in [-0.4, -0.2) is 47.1 Å². The van der Waals surface area contributed by atoms with E-state index in [1.165, 1.54) is 0 Å². The lowest BCUT2D eigenvalue weighted by molar-refractivity contribution is 0.191. The molecule has 0 unspecified atom stereocenters. The second-order valence-electron chi connectivity index (χ2n) is 5.72. The largest absolute Gasteiger partial charge is 0.337 e. The maximum absolute atomic E-state index is 12.5. The van der Waals surface area contributed by atoms with Gasteiger partial charge >= 0.3 is 6.03 Å². The molecule has 6 nitrogen and oxygen atoms in total. The zero-order valence-electron chi connectivity index (χ0n) is 13.5. The van der Waals surface area contributed by atoms with Crippen LogP contribution in [0.3, 0.4) is 0 Å². The van der Waals surface area contributed by atoms with Crippen LogP contribution in [0.5, 0.6) is 0 Å². The number of piperazine rings is 1. The Hall–Kier alpha value is -2.34. The summed E-state index contributed by atoms with van der Waals surface area (Å²) >= 11 is 6.19. The van der Waals surface area contributed by atoms with Crippen LogP contribution in [-0.2, 0) is 0 Å². The van der Waals surface area contributed by atoms with Crippen molar-refractivity contribution in [1.29, 1.82) is 0 Å². The van der Waals surface area contributed by atoms with Gasteiger partial charge in [-0.25, -0.2) is 14.8 Å². The van der Waals surface area contributed by atoms with Crippen molar-refractivity contribution in [2.45, 2.75) is 13.0 Å². The minimum Gasteiger partial charge on any atom is -0.337 e. The molecule has 0 radical (unpaired) electrons. The number of aromatic nitrogens is 2. The second-order valence-corrected chi connectivity index (χ2v) is 6.12. The lowest BCUT2D eigenvalue weighted by atomic mass is 10.1. The highest BCUT2D eigenvalue weighted by molar-refractivity contribution is 6.31. The maximum Gasteiger partial charge on any atom is 0.317 e. The lowest BCUT2D eigenvalue weighted by Gasteiger charge is -2.35. The number of carbonyl (C=O) groups excluding carboxylic acids is 1. The van der Waals surface area contributed by atoms with E-state index in [0.717, 1.165) is 18.7 Å². The molecular formula is C17H20ClN5O. The number of hydrogen-bond donors (Lipinski definition) is 1. The van der Waals surface area contributed by atoms with Gasteiger partial charge in [0.25, 0.3) is 0 Å². The van der Waals surface area contributed by atoms with Crippen molar-refractivity contribution >= 4 is 23.6 Å². The molecule has 1 saturated heterocycles. The van der Waals surface area contributed by atoms with Gasteiger partial charge in [-0.1, -0.05) is 29.8 Å². The normalized spacial score (nSPS) is 15.9. The van der Waals surface area contributed by atoms with Gasteiger partial charge in [0, 0.05) is 43.6 Å². The highest BCUT2D eigenvalue weighted by atomic mass is 35.5. The molecule has 1 atom stereocenters. The van der Waals surface area contributed by atoms with Gasteiger partial charge in [-0.3, -0.25) is 0 Å². The van der Waals surface area contributed by atoms with Gasteiger partial charge in [-0.2, -0.15) is 0 Å². The Morgan fingerprint density at radius 3 is 2.46 bits per heavy atom. The number of nitrogens with zero attached hydrogens (tertiary/aromatic N) is 4. The third-order valence-electron chi connectivity index (χ3n) is 4.11. The molecule has 0 bridgehead atoms. The smallest absolute Gasteiger partial charge is 0.317 e. The van der Waals surface area contributed by atoms with Crippen LogP contribution in [0.1, 0.15) is 18.5 Å². The fourth-order valence-electron chi connectivity index (χ4n) is 2.74. The van der Waals surface area contributed by atoms with E-state index in [-0.39, 0.29) is 12.1 Å². The third kappa shape index (κ3) is 3.76. The number of urea groups is 1. The number of halogens is 1. The summed E-state index contributed by atoms with van der Waals surface area (Å²) in [6.45, 7) is 4.65. The molecule has 7 heteroatoms. The Labute approximate surface area is 146 Å². The van der Waals surface area contributed by atoms with Crippen molar-refractivity contribution in [3.63, 3.8) is 0 Å². The number of rotatable bonds is 3. The van der Waals surface area contributed by atoms with Gasteiger partial charge in [0.15, 0.2) is 0 Å². The molecule has 1 fully saturated rings. The van der Waals surface area contributed by atoms with Crippen molar-refractivity contribution in [2.24, 2.45) is 0 Å². The molecule has 2 amide bonds. The molecule has 2 aromatic rings. The minimum atomic E-state index is -0.137. The monoisotopic (exact) mass is 345 g/mol. The number of nitrogens with one attached hydrogen (secondary N) is 1. The first-order valence-electron chi connectivity index (χ1n) is 7.97. The number of carbonyl (C=O) groups is 1. The quantitative estimate of drug-likeness (QED) is 0.929. The van der Waals surface area contributed by atoms with Crippen LogP contribution in [0.4, 0.5) is 10.7 Å². The predicted octanol–water partition coefficient (Wildman–Crippen LogP) is 2.72. The van der Waals surface area contributed by atoms with Crippen LogP contribution in [0.2, 0.25) is 5.02 Å². The minimum absolute atomic E-state index is 0.0731. The Kier molecular flexibility index (Phi) is 5.15. The first-order valence-corrected chi connectivity index (χ1v) is 8.35. The van der Waals surface area contributed by atoms with E-state index < -0.39 is 0 Å². The summed E-state index contributed by atoms with van der Waals surface area (Å²) < 4.78 is 0. The molecule has 126 valence electrons. The molecule has 2 heterocycles. The molecule has 24 heavy (non-hydrogen) atoms. The fourth-order valence-corrected chi connectivity index (χ4v) is 3.04. The van der Waals surface area contributed by atoms with E-state index in [9.17, 15) is 4.79 Å². The zero-order chi connectivity index (χ0) is 16.9. The molecular weight excluding hydrogens is 326 g/mol. The van der Waals surface area contributed by atoms with E-state index in [1.54, 1.807) is 18.5 Å². The number of anilines is 1. The average molecular weight is 346 g/mol. The highest BCUT2D eigenvalue weighted by Gasteiger charge is 2.23. The van der Waals surface area contributed by atoms with Crippen LogP contribution in [0.25, 0.3) is 0 Å². The molecule has 3 rings (SSSR count). The van der Waals surface area contributed by atoms with E-state index in [4.69, 9.17) is 11.6 Å². The Bertz CT molecular complexity index is 688. The average Bonchev–Trinajstić information content (AvgIpc) is 2.63. The lowest BCUT2D eigenvalue weighted by Crippen LogP contribution is -2.52. The summed E-state index contributed by atoms with van der Waals surface area (Å²) in [5.41, 5.74) is 0.920. The molecule has 1 aromatic heterocycles. The zero-order valence-corrected chi connectivity index (χ0v) is 14.3. The highest BCUT2D eigenvalue weighted by Crippen LogP contribution is 2.22. The number of hydrogen-bond acceptors (Lipinski definition) is 4. The van der Waals surface area contributed by atoms with Crippen LogP contribution in [0.15, 0.2) is 42.7 Å². The van der Waals surface area contributed by atoms with Gasteiger partial charge in [-0.05, 0) is 24.6 Å². The SMILES string of the molecule is C[C@@H](NC(=O)N1CCN(c2ncccn2)CC1)c1ccccc1Cl. The third-order valence-corrected chi connectivity index (χ3v) is 4.46. The standard InChI is InChI=1S/C17H20ClN5O/c1-13(14-5-2-3-6-15(14)18)21-17(24)23-11-9-22(10-12-23)16-19-7-4-8-20-16/h2-8,13H,9-12H2,1H3,(H,21,24)/t13-/m1/s1. The molecule has 1 aliphatic heterocycles. The fraction of sp³-hybridized carbons (Fsp3) is 0.353. The molecule has 0 aliphatic carbocycles. The first kappa shape index (κ1) is 16.5. The van der Waals surface area contributed by atoms with Gasteiger partial charge < -0.3 is 15.1 Å². The topological polar surface area (TPSA) is 61.4 Å². The van der Waals surface area contributed by atoms with E-state index in [2.05, 4.69) is 20.2 Å². The van der Waals surface area contributed by atoms with Crippen molar-refractivity contribution in [2.75, 3.05) is 31.1 Å². The van der Waals surface area contributed by atoms with Crippen LogP contribution < -0.4 is 10.2 Å². The number of amides is 2. The van der Waals surface area contributed by atoms with Crippen LogP contribution in [0, 0.1) is 0 Å². The summed E-state index contributed by atoms with van der Waals surface area (Å²) in [5, 5.41) is 3.68. The summed E-state index contributed by atoms with van der Waals surface area (Å²) in [6, 6.07) is 9.14. The summed E-state index contributed by atoms with van der Waals surface area (Å²) in [7, 11) is 0. The second kappa shape index (κ2) is 7.49. The van der Waals surface area contributed by atoms with Gasteiger partial charge in [0.2, 0.25) is 5.95 Å². The van der Waals surface area contributed by atoms with Crippen LogP contribution >= 0.6 is 11.6 Å². The molecule has 0 spiro atoms. The van der Waals surface area contributed by atoms with E-state index >= 15 is 0 Å². The number of benzene rings is 1. The Balaban J connectivity index is 1.55. The Morgan fingerprint density at radius 2 is 1.79 bits per heavy atom. The molecule has 1 aromatic carbocycles. The van der Waals surface area contributed by atoms with E-state index in [1.807, 2.05) is 36.1 Å².